The van der Waals surface area contributed by atoms with Crippen LogP contribution in [0.1, 0.15) is 19.8 Å². The van der Waals surface area contributed by atoms with Gasteiger partial charge >= 0.3 is 5.97 Å². The van der Waals surface area contributed by atoms with Gasteiger partial charge in [0.25, 0.3) is 5.91 Å². The van der Waals surface area contributed by atoms with Crippen LogP contribution in [0.2, 0.25) is 0 Å². The van der Waals surface area contributed by atoms with Gasteiger partial charge in [-0.05, 0) is 18.6 Å². The third kappa shape index (κ3) is 3.52. The van der Waals surface area contributed by atoms with E-state index >= 15 is 0 Å². The lowest BCUT2D eigenvalue weighted by atomic mass is 9.98. The number of benzene rings is 1. The standard InChI is InChI=1S/C15H19NO5/c1-2-12(21-11-6-4-3-5-7-11)13(17)16-15(14(18)19)8-9-20-10-15/h3-7,12H,2,8-10H2,1H3,(H,16,17)(H,18,19). The number of carboxylic acids is 1. The molecule has 2 unspecified atom stereocenters. The first-order valence-electron chi connectivity index (χ1n) is 6.92. The molecule has 1 amide bonds. The van der Waals surface area contributed by atoms with Crippen LogP contribution >= 0.6 is 0 Å². The number of rotatable bonds is 6. The molecule has 21 heavy (non-hydrogen) atoms. The Morgan fingerprint density at radius 2 is 2.14 bits per heavy atom. The van der Waals surface area contributed by atoms with E-state index in [-0.39, 0.29) is 13.0 Å². The van der Waals surface area contributed by atoms with Crippen LogP contribution < -0.4 is 10.1 Å². The molecule has 2 N–H and O–H groups in total. The Morgan fingerprint density at radius 3 is 2.67 bits per heavy atom. The van der Waals surface area contributed by atoms with Crippen LogP contribution in [0.3, 0.4) is 0 Å². The third-order valence-corrected chi connectivity index (χ3v) is 3.48. The Balaban J connectivity index is 2.04. The van der Waals surface area contributed by atoms with E-state index < -0.39 is 23.5 Å². The first-order valence-corrected chi connectivity index (χ1v) is 6.92. The van der Waals surface area contributed by atoms with Crippen molar-refractivity contribution in [1.82, 2.24) is 5.32 Å². The number of hydrogen-bond donors (Lipinski definition) is 2. The van der Waals surface area contributed by atoms with Crippen molar-refractivity contribution in [3.63, 3.8) is 0 Å². The van der Waals surface area contributed by atoms with Gasteiger partial charge in [-0.2, -0.15) is 0 Å². The molecule has 6 nitrogen and oxygen atoms in total. The van der Waals surface area contributed by atoms with Crippen LogP contribution in [0.25, 0.3) is 0 Å². The van der Waals surface area contributed by atoms with Crippen LogP contribution in [0.5, 0.6) is 5.75 Å². The number of carbonyl (C=O) groups is 2. The summed E-state index contributed by atoms with van der Waals surface area (Å²) >= 11 is 0. The third-order valence-electron chi connectivity index (χ3n) is 3.48. The number of carbonyl (C=O) groups excluding carboxylic acids is 1. The SMILES string of the molecule is CCC(Oc1ccccc1)C(=O)NC1(C(=O)O)CCOC1. The minimum atomic E-state index is -1.34. The maximum Gasteiger partial charge on any atom is 0.331 e. The van der Waals surface area contributed by atoms with Crippen molar-refractivity contribution in [2.75, 3.05) is 13.2 Å². The fraction of sp³-hybridized carbons (Fsp3) is 0.467. The molecular formula is C15H19NO5. The first kappa shape index (κ1) is 15.3. The molecule has 1 aliphatic rings. The summed E-state index contributed by atoms with van der Waals surface area (Å²) in [6.07, 6.45) is -0.0307. The summed E-state index contributed by atoms with van der Waals surface area (Å²) in [4.78, 5) is 23.7. The lowest BCUT2D eigenvalue weighted by molar-refractivity contribution is -0.149. The van der Waals surface area contributed by atoms with Crippen LogP contribution in [-0.4, -0.2) is 41.8 Å². The van der Waals surface area contributed by atoms with Crippen molar-refractivity contribution in [2.24, 2.45) is 0 Å². The second kappa shape index (κ2) is 6.58. The fourth-order valence-corrected chi connectivity index (χ4v) is 2.19. The van der Waals surface area contributed by atoms with Crippen LogP contribution in [0, 0.1) is 0 Å². The lowest BCUT2D eigenvalue weighted by Crippen LogP contribution is -2.58. The molecule has 0 aromatic heterocycles. The molecule has 1 aromatic carbocycles. The van der Waals surface area contributed by atoms with E-state index in [1.807, 2.05) is 25.1 Å². The molecule has 0 saturated carbocycles. The van der Waals surface area contributed by atoms with Gasteiger partial charge in [0.2, 0.25) is 0 Å². The number of carboxylic acid groups (broad SMARTS) is 1. The zero-order chi connectivity index (χ0) is 15.3. The molecule has 2 rings (SSSR count). The number of hydrogen-bond acceptors (Lipinski definition) is 4. The second-order valence-corrected chi connectivity index (χ2v) is 5.01. The average molecular weight is 293 g/mol. The van der Waals surface area contributed by atoms with Crippen molar-refractivity contribution >= 4 is 11.9 Å². The monoisotopic (exact) mass is 293 g/mol. The number of ether oxygens (including phenoxy) is 2. The predicted octanol–water partition coefficient (Wildman–Crippen LogP) is 1.20. The van der Waals surface area contributed by atoms with Crippen LogP contribution in [-0.2, 0) is 14.3 Å². The first-order chi connectivity index (χ1) is 10.1. The Morgan fingerprint density at radius 1 is 1.43 bits per heavy atom. The molecule has 1 aliphatic heterocycles. The Hall–Kier alpha value is -2.08. The van der Waals surface area contributed by atoms with Crippen molar-refractivity contribution in [1.29, 1.82) is 0 Å². The molecule has 1 fully saturated rings. The van der Waals surface area contributed by atoms with Gasteiger partial charge in [-0.25, -0.2) is 4.79 Å². The van der Waals surface area contributed by atoms with E-state index in [4.69, 9.17) is 9.47 Å². The van der Waals surface area contributed by atoms with Crippen LogP contribution in [0.15, 0.2) is 30.3 Å². The normalized spacial score (nSPS) is 22.5. The number of amides is 1. The van der Waals surface area contributed by atoms with E-state index in [0.29, 0.717) is 18.8 Å². The molecule has 0 bridgehead atoms. The van der Waals surface area contributed by atoms with E-state index in [0.717, 1.165) is 0 Å². The summed E-state index contributed by atoms with van der Waals surface area (Å²) in [7, 11) is 0. The Kier molecular flexibility index (Phi) is 4.80. The summed E-state index contributed by atoms with van der Waals surface area (Å²) in [5.74, 6) is -0.941. The van der Waals surface area contributed by atoms with Gasteiger partial charge in [0.1, 0.15) is 5.75 Å². The second-order valence-electron chi connectivity index (χ2n) is 5.01. The Labute approximate surface area is 123 Å². The fourth-order valence-electron chi connectivity index (χ4n) is 2.19. The molecule has 1 aromatic rings. The number of aliphatic carboxylic acids is 1. The average Bonchev–Trinajstić information content (AvgIpc) is 2.95. The predicted molar refractivity (Wildman–Crippen MR) is 75.1 cm³/mol. The minimum Gasteiger partial charge on any atom is -0.481 e. The minimum absolute atomic E-state index is 0.0180. The van der Waals surface area contributed by atoms with Crippen LogP contribution in [0.4, 0.5) is 0 Å². The summed E-state index contributed by atoms with van der Waals surface area (Å²) < 4.78 is 10.7. The van der Waals surface area contributed by atoms with Gasteiger partial charge in [0.05, 0.1) is 6.61 Å². The molecule has 0 aliphatic carbocycles. The molecule has 1 saturated heterocycles. The van der Waals surface area contributed by atoms with Crippen molar-refractivity contribution in [3.8, 4) is 5.75 Å². The maximum absolute atomic E-state index is 12.3. The van der Waals surface area contributed by atoms with Gasteiger partial charge in [-0.15, -0.1) is 0 Å². The van der Waals surface area contributed by atoms with Crippen molar-refractivity contribution in [3.05, 3.63) is 30.3 Å². The van der Waals surface area contributed by atoms with Crippen molar-refractivity contribution in [2.45, 2.75) is 31.4 Å². The molecule has 2 atom stereocenters. The molecule has 0 radical (unpaired) electrons. The van der Waals surface area contributed by atoms with E-state index in [1.165, 1.54) is 0 Å². The zero-order valence-corrected chi connectivity index (χ0v) is 11.9. The highest BCUT2D eigenvalue weighted by atomic mass is 16.5. The number of nitrogens with one attached hydrogen (secondary N) is 1. The topological polar surface area (TPSA) is 84.9 Å². The quantitative estimate of drug-likeness (QED) is 0.823. The lowest BCUT2D eigenvalue weighted by Gasteiger charge is -2.26. The highest BCUT2D eigenvalue weighted by Gasteiger charge is 2.45. The molecule has 114 valence electrons. The summed E-state index contributed by atoms with van der Waals surface area (Å²) in [6.45, 7) is 2.12. The van der Waals surface area contributed by atoms with E-state index in [1.54, 1.807) is 12.1 Å². The maximum atomic E-state index is 12.3. The van der Waals surface area contributed by atoms with Gasteiger partial charge < -0.3 is 19.9 Å². The molecule has 1 heterocycles. The zero-order valence-electron chi connectivity index (χ0n) is 11.9. The smallest absolute Gasteiger partial charge is 0.331 e. The van der Waals surface area contributed by atoms with E-state index in [9.17, 15) is 14.7 Å². The largest absolute Gasteiger partial charge is 0.481 e. The molecule has 6 heteroatoms. The van der Waals surface area contributed by atoms with Gasteiger partial charge in [0, 0.05) is 13.0 Å². The molecular weight excluding hydrogens is 274 g/mol. The Bertz CT molecular complexity index is 496. The summed E-state index contributed by atoms with van der Waals surface area (Å²) in [6, 6.07) is 8.97. The summed E-state index contributed by atoms with van der Waals surface area (Å²) in [5.41, 5.74) is -1.34. The van der Waals surface area contributed by atoms with Gasteiger partial charge in [-0.3, -0.25) is 4.79 Å². The van der Waals surface area contributed by atoms with Gasteiger partial charge in [-0.1, -0.05) is 25.1 Å². The molecule has 0 spiro atoms. The van der Waals surface area contributed by atoms with E-state index in [2.05, 4.69) is 5.32 Å². The van der Waals surface area contributed by atoms with Crippen molar-refractivity contribution < 1.29 is 24.2 Å². The van der Waals surface area contributed by atoms with Gasteiger partial charge in [0.15, 0.2) is 11.6 Å². The number of para-hydroxylation sites is 1. The summed E-state index contributed by atoms with van der Waals surface area (Å²) in [5, 5.41) is 11.9. The highest BCUT2D eigenvalue weighted by molar-refractivity contribution is 5.89. The highest BCUT2D eigenvalue weighted by Crippen LogP contribution is 2.20.